The number of benzene rings is 1. The topological polar surface area (TPSA) is 50.8 Å². The van der Waals surface area contributed by atoms with Gasteiger partial charge in [-0.05, 0) is 30.9 Å². The maximum atomic E-state index is 12.7. The smallest absolute Gasteiger partial charge is 0.234 e. The van der Waals surface area contributed by atoms with Gasteiger partial charge >= 0.3 is 0 Å². The molecule has 25 heavy (non-hydrogen) atoms. The fourth-order valence-corrected chi connectivity index (χ4v) is 3.82. The summed E-state index contributed by atoms with van der Waals surface area (Å²) in [5, 5.41) is 3.23. The molecule has 0 spiro atoms. The number of hydrogen-bond donors (Lipinski definition) is 1. The van der Waals surface area contributed by atoms with Crippen molar-refractivity contribution >= 4 is 5.91 Å². The highest BCUT2D eigenvalue weighted by atomic mass is 16.7. The third-order valence-electron chi connectivity index (χ3n) is 5.11. The molecule has 2 heterocycles. The first-order valence-corrected chi connectivity index (χ1v) is 9.46. The van der Waals surface area contributed by atoms with Crippen LogP contribution in [-0.4, -0.2) is 49.4 Å². The van der Waals surface area contributed by atoms with E-state index in [4.69, 9.17) is 9.47 Å². The van der Waals surface area contributed by atoms with Gasteiger partial charge in [-0.1, -0.05) is 50.6 Å². The molecule has 2 fully saturated rings. The Labute approximate surface area is 150 Å². The minimum Gasteiger partial charge on any atom is -0.349 e. The molecule has 2 saturated heterocycles. The van der Waals surface area contributed by atoms with Gasteiger partial charge in [0.2, 0.25) is 5.91 Å². The van der Waals surface area contributed by atoms with Crippen LogP contribution in [0.15, 0.2) is 30.3 Å². The van der Waals surface area contributed by atoms with Crippen LogP contribution < -0.4 is 5.32 Å². The number of piperidine rings is 1. The summed E-state index contributed by atoms with van der Waals surface area (Å²) in [6, 6.07) is 10.4. The summed E-state index contributed by atoms with van der Waals surface area (Å²) in [7, 11) is 0. The normalized spacial score (nSPS) is 23.7. The maximum Gasteiger partial charge on any atom is 0.234 e. The molecule has 0 radical (unpaired) electrons. The monoisotopic (exact) mass is 346 g/mol. The van der Waals surface area contributed by atoms with Crippen molar-refractivity contribution in [3.05, 3.63) is 35.9 Å². The number of rotatable bonds is 6. The molecule has 1 N–H and O–H groups in total. The lowest BCUT2D eigenvalue weighted by Gasteiger charge is -2.37. The van der Waals surface area contributed by atoms with Gasteiger partial charge in [-0.3, -0.25) is 9.69 Å². The number of ether oxygens (including phenoxy) is 2. The standard InChI is InChI=1S/C20H30N2O3/c1-15(2)19(16-8-4-3-5-9-16)21-18(23)14-22-11-7-6-10-17(22)20-24-12-13-25-20/h3-5,8-9,15,17,19-20H,6-7,10-14H2,1-2H3,(H,21,23). The molecule has 0 aromatic heterocycles. The molecule has 3 rings (SSSR count). The molecule has 5 heteroatoms. The lowest BCUT2D eigenvalue weighted by Crippen LogP contribution is -2.51. The molecular weight excluding hydrogens is 316 g/mol. The van der Waals surface area contributed by atoms with Crippen LogP contribution >= 0.6 is 0 Å². The van der Waals surface area contributed by atoms with Crippen LogP contribution in [0, 0.1) is 5.92 Å². The second-order valence-corrected chi connectivity index (χ2v) is 7.34. The lowest BCUT2D eigenvalue weighted by atomic mass is 9.96. The van der Waals surface area contributed by atoms with Crippen molar-refractivity contribution < 1.29 is 14.3 Å². The zero-order chi connectivity index (χ0) is 17.6. The van der Waals surface area contributed by atoms with Gasteiger partial charge in [0.15, 0.2) is 6.29 Å². The Bertz CT molecular complexity index is 543. The SMILES string of the molecule is CC(C)C(NC(=O)CN1CCCCC1C1OCCO1)c1ccccc1. The summed E-state index contributed by atoms with van der Waals surface area (Å²) in [5.74, 6) is 0.414. The van der Waals surface area contributed by atoms with E-state index >= 15 is 0 Å². The van der Waals surface area contributed by atoms with Gasteiger partial charge in [0.1, 0.15) is 0 Å². The van der Waals surface area contributed by atoms with E-state index in [0.29, 0.717) is 25.7 Å². The van der Waals surface area contributed by atoms with E-state index in [2.05, 4.69) is 36.2 Å². The van der Waals surface area contributed by atoms with Crippen LogP contribution in [-0.2, 0) is 14.3 Å². The number of carbonyl (C=O) groups excluding carboxylic acids is 1. The summed E-state index contributed by atoms with van der Waals surface area (Å²) in [6.45, 7) is 6.93. The number of amides is 1. The number of hydrogen-bond acceptors (Lipinski definition) is 4. The first kappa shape index (κ1) is 18.4. The Balaban J connectivity index is 1.61. The number of likely N-dealkylation sites (tertiary alicyclic amines) is 1. The summed E-state index contributed by atoms with van der Waals surface area (Å²) in [5.41, 5.74) is 1.16. The predicted octanol–water partition coefficient (Wildman–Crippen LogP) is 2.73. The Hall–Kier alpha value is -1.43. The van der Waals surface area contributed by atoms with Gasteiger partial charge in [-0.2, -0.15) is 0 Å². The highest BCUT2D eigenvalue weighted by Crippen LogP contribution is 2.25. The first-order chi connectivity index (χ1) is 12.1. The fraction of sp³-hybridized carbons (Fsp3) is 0.650. The fourth-order valence-electron chi connectivity index (χ4n) is 3.82. The van der Waals surface area contributed by atoms with Crippen LogP contribution in [0.2, 0.25) is 0 Å². The minimum atomic E-state index is -0.178. The molecule has 0 aliphatic carbocycles. The first-order valence-electron chi connectivity index (χ1n) is 9.46. The second kappa shape index (κ2) is 8.79. The molecule has 2 aliphatic heterocycles. The summed E-state index contributed by atoms with van der Waals surface area (Å²) in [6.07, 6.45) is 3.15. The third-order valence-corrected chi connectivity index (χ3v) is 5.11. The van der Waals surface area contributed by atoms with Crippen molar-refractivity contribution in [2.75, 3.05) is 26.3 Å². The van der Waals surface area contributed by atoms with E-state index in [9.17, 15) is 4.79 Å². The zero-order valence-corrected chi connectivity index (χ0v) is 15.3. The minimum absolute atomic E-state index is 0.0379. The Kier molecular flexibility index (Phi) is 6.45. The van der Waals surface area contributed by atoms with E-state index < -0.39 is 0 Å². The average Bonchev–Trinajstić information content (AvgIpc) is 3.15. The van der Waals surface area contributed by atoms with Crippen molar-refractivity contribution in [1.29, 1.82) is 0 Å². The second-order valence-electron chi connectivity index (χ2n) is 7.34. The lowest BCUT2D eigenvalue weighted by molar-refractivity contribution is -0.132. The van der Waals surface area contributed by atoms with E-state index in [1.165, 1.54) is 6.42 Å². The van der Waals surface area contributed by atoms with Gasteiger partial charge in [0.05, 0.1) is 31.8 Å². The Morgan fingerprint density at radius 1 is 1.20 bits per heavy atom. The maximum absolute atomic E-state index is 12.7. The average molecular weight is 346 g/mol. The Morgan fingerprint density at radius 2 is 1.92 bits per heavy atom. The van der Waals surface area contributed by atoms with Crippen molar-refractivity contribution in [3.8, 4) is 0 Å². The highest BCUT2D eigenvalue weighted by Gasteiger charge is 2.34. The molecule has 2 aliphatic rings. The predicted molar refractivity (Wildman–Crippen MR) is 97.1 cm³/mol. The van der Waals surface area contributed by atoms with Crippen LogP contribution in [0.4, 0.5) is 0 Å². The van der Waals surface area contributed by atoms with Gasteiger partial charge < -0.3 is 14.8 Å². The van der Waals surface area contributed by atoms with E-state index in [0.717, 1.165) is 24.9 Å². The van der Waals surface area contributed by atoms with E-state index in [1.807, 2.05) is 18.2 Å². The number of carbonyl (C=O) groups is 1. The molecule has 0 bridgehead atoms. The highest BCUT2D eigenvalue weighted by molar-refractivity contribution is 5.78. The quantitative estimate of drug-likeness (QED) is 0.860. The summed E-state index contributed by atoms with van der Waals surface area (Å²) < 4.78 is 11.4. The molecule has 2 atom stereocenters. The van der Waals surface area contributed by atoms with E-state index in [-0.39, 0.29) is 24.3 Å². The van der Waals surface area contributed by atoms with Crippen molar-refractivity contribution in [2.45, 2.75) is 51.5 Å². The van der Waals surface area contributed by atoms with Gasteiger partial charge in [0, 0.05) is 0 Å². The van der Waals surface area contributed by atoms with Crippen molar-refractivity contribution in [3.63, 3.8) is 0 Å². The molecule has 5 nitrogen and oxygen atoms in total. The van der Waals surface area contributed by atoms with Crippen molar-refractivity contribution in [1.82, 2.24) is 10.2 Å². The molecular formula is C20H30N2O3. The van der Waals surface area contributed by atoms with E-state index in [1.54, 1.807) is 0 Å². The zero-order valence-electron chi connectivity index (χ0n) is 15.3. The Morgan fingerprint density at radius 3 is 2.60 bits per heavy atom. The third kappa shape index (κ3) is 4.81. The largest absolute Gasteiger partial charge is 0.349 e. The molecule has 0 saturated carbocycles. The van der Waals surface area contributed by atoms with Crippen LogP contribution in [0.1, 0.15) is 44.7 Å². The van der Waals surface area contributed by atoms with Crippen LogP contribution in [0.3, 0.4) is 0 Å². The number of nitrogens with zero attached hydrogens (tertiary/aromatic N) is 1. The van der Waals surface area contributed by atoms with Gasteiger partial charge in [-0.25, -0.2) is 0 Å². The molecule has 1 amide bonds. The summed E-state index contributed by atoms with van der Waals surface area (Å²) in [4.78, 5) is 15.0. The molecule has 1 aromatic rings. The number of nitrogens with one attached hydrogen (secondary N) is 1. The summed E-state index contributed by atoms with van der Waals surface area (Å²) >= 11 is 0. The van der Waals surface area contributed by atoms with Gasteiger partial charge in [-0.15, -0.1) is 0 Å². The molecule has 138 valence electrons. The van der Waals surface area contributed by atoms with Crippen LogP contribution in [0.5, 0.6) is 0 Å². The molecule has 2 unspecified atom stereocenters. The van der Waals surface area contributed by atoms with Gasteiger partial charge in [0.25, 0.3) is 0 Å². The van der Waals surface area contributed by atoms with Crippen molar-refractivity contribution in [2.24, 2.45) is 5.92 Å². The van der Waals surface area contributed by atoms with Crippen LogP contribution in [0.25, 0.3) is 0 Å². The molecule has 1 aromatic carbocycles.